The van der Waals surface area contributed by atoms with E-state index in [0.29, 0.717) is 41.0 Å². The van der Waals surface area contributed by atoms with Gasteiger partial charge in [-0.2, -0.15) is 0 Å². The lowest BCUT2D eigenvalue weighted by molar-refractivity contribution is 0.104. The first-order valence-corrected chi connectivity index (χ1v) is 10.9. The molecule has 0 amide bonds. The highest BCUT2D eigenvalue weighted by molar-refractivity contribution is 9.10. The van der Waals surface area contributed by atoms with Crippen molar-refractivity contribution in [1.82, 2.24) is 0 Å². The maximum atomic E-state index is 12.5. The Balaban J connectivity index is 1.77. The fourth-order valence-electron chi connectivity index (χ4n) is 2.85. The Hall–Kier alpha value is -2.76. The molecule has 0 aliphatic heterocycles. The van der Waals surface area contributed by atoms with Gasteiger partial charge in [0, 0.05) is 10.6 Å². The highest BCUT2D eigenvalue weighted by Gasteiger charge is 2.12. The molecule has 3 aromatic carbocycles. The van der Waals surface area contributed by atoms with Crippen LogP contribution in [-0.4, -0.2) is 19.5 Å². The van der Waals surface area contributed by atoms with Crippen LogP contribution in [-0.2, 0) is 6.61 Å². The second-order valence-electron chi connectivity index (χ2n) is 6.60. The van der Waals surface area contributed by atoms with Crippen LogP contribution in [0.2, 0.25) is 5.02 Å². The summed E-state index contributed by atoms with van der Waals surface area (Å²) in [5.74, 6) is 1.82. The topological polar surface area (TPSA) is 44.8 Å². The maximum Gasteiger partial charge on any atom is 0.185 e. The molecule has 0 radical (unpaired) electrons. The van der Waals surface area contributed by atoms with Crippen LogP contribution in [0.25, 0.3) is 6.08 Å². The van der Waals surface area contributed by atoms with E-state index in [2.05, 4.69) is 15.9 Å². The average Bonchev–Trinajstić information content (AvgIpc) is 2.78. The Kier molecular flexibility index (Phi) is 8.15. The molecule has 4 nitrogen and oxygen atoms in total. The van der Waals surface area contributed by atoms with Crippen molar-refractivity contribution in [2.24, 2.45) is 0 Å². The molecule has 0 bridgehead atoms. The minimum atomic E-state index is -0.0974. The van der Waals surface area contributed by atoms with Gasteiger partial charge in [-0.05, 0) is 88.6 Å². The molecule has 0 saturated heterocycles. The number of rotatable bonds is 9. The number of allylic oxidation sites excluding steroid dienone is 1. The summed E-state index contributed by atoms with van der Waals surface area (Å²) in [7, 11) is 1.59. The summed E-state index contributed by atoms with van der Waals surface area (Å²) < 4.78 is 17.6. The van der Waals surface area contributed by atoms with Gasteiger partial charge in [-0.3, -0.25) is 4.79 Å². The number of methoxy groups -OCH3 is 1. The van der Waals surface area contributed by atoms with E-state index in [-0.39, 0.29) is 5.78 Å². The Morgan fingerprint density at radius 1 is 1.03 bits per heavy atom. The average molecular weight is 502 g/mol. The molecule has 160 valence electrons. The molecule has 0 spiro atoms. The van der Waals surface area contributed by atoms with Crippen molar-refractivity contribution in [3.8, 4) is 17.2 Å². The smallest absolute Gasteiger partial charge is 0.185 e. The molecule has 0 N–H and O–H groups in total. The van der Waals surface area contributed by atoms with Crippen LogP contribution in [0.15, 0.2) is 71.2 Å². The van der Waals surface area contributed by atoms with E-state index >= 15 is 0 Å². The fourth-order valence-corrected chi connectivity index (χ4v) is 3.55. The lowest BCUT2D eigenvalue weighted by Gasteiger charge is -2.15. The predicted molar refractivity (Wildman–Crippen MR) is 127 cm³/mol. The molecule has 31 heavy (non-hydrogen) atoms. The van der Waals surface area contributed by atoms with Gasteiger partial charge in [-0.15, -0.1) is 0 Å². The van der Waals surface area contributed by atoms with E-state index in [0.717, 1.165) is 15.6 Å². The highest BCUT2D eigenvalue weighted by Crippen LogP contribution is 2.38. The zero-order chi connectivity index (χ0) is 22.2. The third-order valence-corrected chi connectivity index (χ3v) is 5.27. The summed E-state index contributed by atoms with van der Waals surface area (Å²) in [6.07, 6.45) is 3.29. The number of hydrogen-bond donors (Lipinski definition) is 0. The fraction of sp³-hybridized carbons (Fsp3) is 0.160. The highest BCUT2D eigenvalue weighted by atomic mass is 79.9. The van der Waals surface area contributed by atoms with Crippen LogP contribution in [0, 0.1) is 0 Å². The van der Waals surface area contributed by atoms with Crippen molar-refractivity contribution in [1.29, 1.82) is 0 Å². The van der Waals surface area contributed by atoms with Gasteiger partial charge in [0.1, 0.15) is 12.4 Å². The van der Waals surface area contributed by atoms with Gasteiger partial charge in [0.2, 0.25) is 0 Å². The summed E-state index contributed by atoms with van der Waals surface area (Å²) in [6.45, 7) is 2.77. The Bertz CT molecular complexity index is 1060. The Morgan fingerprint density at radius 2 is 1.74 bits per heavy atom. The van der Waals surface area contributed by atoms with Gasteiger partial charge in [0.25, 0.3) is 0 Å². The number of ketones is 1. The van der Waals surface area contributed by atoms with Crippen molar-refractivity contribution in [3.05, 3.63) is 92.9 Å². The van der Waals surface area contributed by atoms with E-state index in [1.54, 1.807) is 37.5 Å². The van der Waals surface area contributed by atoms with Gasteiger partial charge < -0.3 is 14.2 Å². The SMILES string of the molecule is CCOc1cc(/C=C/C(=O)c2ccc(OC)cc2)cc(Br)c1OCc1ccc(Cl)cc1. The molecule has 3 rings (SSSR count). The van der Waals surface area contributed by atoms with Gasteiger partial charge in [0.15, 0.2) is 17.3 Å². The molecule has 0 atom stereocenters. The summed E-state index contributed by atoms with van der Waals surface area (Å²) in [5, 5.41) is 0.681. The van der Waals surface area contributed by atoms with Gasteiger partial charge in [-0.1, -0.05) is 29.8 Å². The lowest BCUT2D eigenvalue weighted by atomic mass is 10.1. The first-order valence-electron chi connectivity index (χ1n) is 9.70. The molecule has 0 aliphatic carbocycles. The van der Waals surface area contributed by atoms with Crippen LogP contribution < -0.4 is 14.2 Å². The minimum absolute atomic E-state index is 0.0974. The van der Waals surface area contributed by atoms with Crippen molar-refractivity contribution in [3.63, 3.8) is 0 Å². The minimum Gasteiger partial charge on any atom is -0.497 e. The monoisotopic (exact) mass is 500 g/mol. The van der Waals surface area contributed by atoms with E-state index in [4.69, 9.17) is 25.8 Å². The van der Waals surface area contributed by atoms with Gasteiger partial charge in [0.05, 0.1) is 18.2 Å². The van der Waals surface area contributed by atoms with Crippen molar-refractivity contribution in [2.75, 3.05) is 13.7 Å². The lowest BCUT2D eigenvalue weighted by Crippen LogP contribution is -2.01. The second-order valence-corrected chi connectivity index (χ2v) is 7.90. The summed E-state index contributed by atoms with van der Waals surface area (Å²) >= 11 is 9.50. The van der Waals surface area contributed by atoms with Crippen LogP contribution in [0.5, 0.6) is 17.2 Å². The van der Waals surface area contributed by atoms with Crippen molar-refractivity contribution < 1.29 is 19.0 Å². The van der Waals surface area contributed by atoms with Gasteiger partial charge in [-0.25, -0.2) is 0 Å². The molecule has 0 aromatic heterocycles. The molecule has 0 heterocycles. The standard InChI is InChI=1S/C25H22BrClO4/c1-3-30-24-15-18(6-13-23(28)19-7-11-21(29-2)12-8-19)14-22(26)25(24)31-16-17-4-9-20(27)10-5-17/h4-15H,3,16H2,1-2H3/b13-6+. The zero-order valence-corrected chi connectivity index (χ0v) is 19.6. The number of halogens is 2. The molecule has 0 saturated carbocycles. The normalized spacial score (nSPS) is 10.8. The molecule has 0 fully saturated rings. The first kappa shape index (κ1) is 22.9. The van der Waals surface area contributed by atoms with Gasteiger partial charge >= 0.3 is 0 Å². The van der Waals surface area contributed by atoms with E-state index in [1.807, 2.05) is 43.3 Å². The molecule has 0 unspecified atom stereocenters. The second kappa shape index (κ2) is 11.0. The number of carbonyl (C=O) groups is 1. The predicted octanol–water partition coefficient (Wildman–Crippen LogP) is 6.98. The summed E-state index contributed by atoms with van der Waals surface area (Å²) in [6, 6.07) is 18.2. The number of hydrogen-bond acceptors (Lipinski definition) is 4. The third kappa shape index (κ3) is 6.36. The van der Waals surface area contributed by atoms with E-state index in [1.165, 1.54) is 6.08 Å². The van der Waals surface area contributed by atoms with Crippen LogP contribution in [0.3, 0.4) is 0 Å². The van der Waals surface area contributed by atoms with Crippen molar-refractivity contribution in [2.45, 2.75) is 13.5 Å². The number of benzene rings is 3. The number of carbonyl (C=O) groups excluding carboxylic acids is 1. The molecule has 0 aliphatic rings. The largest absolute Gasteiger partial charge is 0.497 e. The third-order valence-electron chi connectivity index (χ3n) is 4.43. The van der Waals surface area contributed by atoms with Crippen LogP contribution >= 0.6 is 27.5 Å². The van der Waals surface area contributed by atoms with Crippen molar-refractivity contribution >= 4 is 39.4 Å². The van der Waals surface area contributed by atoms with E-state index in [9.17, 15) is 4.79 Å². The quantitative estimate of drug-likeness (QED) is 0.234. The number of ether oxygens (including phenoxy) is 3. The van der Waals surface area contributed by atoms with Crippen LogP contribution in [0.1, 0.15) is 28.4 Å². The Labute approximate surface area is 195 Å². The first-order chi connectivity index (χ1) is 15.0. The molecular formula is C25H22BrClO4. The van der Waals surface area contributed by atoms with E-state index < -0.39 is 0 Å². The summed E-state index contributed by atoms with van der Waals surface area (Å²) in [5.41, 5.74) is 2.40. The van der Waals surface area contributed by atoms with Crippen LogP contribution in [0.4, 0.5) is 0 Å². The molecule has 6 heteroatoms. The molecule has 3 aromatic rings. The zero-order valence-electron chi connectivity index (χ0n) is 17.2. The molecular weight excluding hydrogens is 480 g/mol. The summed E-state index contributed by atoms with van der Waals surface area (Å²) in [4.78, 5) is 12.5. The Morgan fingerprint density at radius 3 is 2.39 bits per heavy atom. The maximum absolute atomic E-state index is 12.5.